The summed E-state index contributed by atoms with van der Waals surface area (Å²) in [4.78, 5) is 27.9. The van der Waals surface area contributed by atoms with Gasteiger partial charge in [-0.05, 0) is 32.5 Å². The molecule has 8 heteroatoms. The van der Waals surface area contributed by atoms with Crippen molar-refractivity contribution in [3.63, 3.8) is 0 Å². The lowest BCUT2D eigenvalue weighted by Gasteiger charge is -2.30. The number of esters is 2. The standard InChI is InChI=1S/C26H28ClFN2O4/c1-16-21(25(31)33-4)23(19-11-8-12-20(27)24(19)28)22(17(2)29-16)26(32)34-14-13-30(3)15-18-9-6-5-7-10-18/h5-12,23,29H,13-15H2,1-4H3. The van der Waals surface area contributed by atoms with Gasteiger partial charge in [0.25, 0.3) is 0 Å². The highest BCUT2D eigenvalue weighted by molar-refractivity contribution is 6.30. The van der Waals surface area contributed by atoms with Crippen LogP contribution in [0.2, 0.25) is 5.02 Å². The summed E-state index contributed by atoms with van der Waals surface area (Å²) in [5.74, 6) is -3.04. The zero-order valence-corrected chi connectivity index (χ0v) is 20.4. The van der Waals surface area contributed by atoms with Crippen molar-refractivity contribution < 1.29 is 23.5 Å². The summed E-state index contributed by atoms with van der Waals surface area (Å²) in [5.41, 5.74) is 2.44. The summed E-state index contributed by atoms with van der Waals surface area (Å²) in [5, 5.41) is 2.93. The van der Waals surface area contributed by atoms with E-state index in [1.54, 1.807) is 19.9 Å². The number of allylic oxidation sites excluding steroid dienone is 2. The molecular formula is C26H28ClFN2O4. The second-order valence-corrected chi connectivity index (χ2v) is 8.54. The molecule has 0 amide bonds. The van der Waals surface area contributed by atoms with Crippen molar-refractivity contribution in [2.75, 3.05) is 27.3 Å². The molecule has 0 aliphatic carbocycles. The second-order valence-electron chi connectivity index (χ2n) is 8.13. The maximum Gasteiger partial charge on any atom is 0.336 e. The minimum Gasteiger partial charge on any atom is -0.466 e. The van der Waals surface area contributed by atoms with Crippen molar-refractivity contribution in [1.82, 2.24) is 10.2 Å². The number of carbonyl (C=O) groups excluding carboxylic acids is 2. The molecular weight excluding hydrogens is 459 g/mol. The summed E-state index contributed by atoms with van der Waals surface area (Å²) in [6.45, 7) is 4.68. The van der Waals surface area contributed by atoms with E-state index in [1.807, 2.05) is 42.3 Å². The highest BCUT2D eigenvalue weighted by Gasteiger charge is 2.39. The molecule has 1 aliphatic rings. The summed E-state index contributed by atoms with van der Waals surface area (Å²) in [6, 6.07) is 14.4. The predicted octanol–water partition coefficient (Wildman–Crippen LogP) is 4.56. The number of nitrogens with zero attached hydrogens (tertiary/aromatic N) is 1. The van der Waals surface area contributed by atoms with E-state index in [1.165, 1.54) is 19.2 Å². The van der Waals surface area contributed by atoms with E-state index < -0.39 is 23.7 Å². The van der Waals surface area contributed by atoms with E-state index in [-0.39, 0.29) is 28.3 Å². The summed E-state index contributed by atoms with van der Waals surface area (Å²) in [7, 11) is 3.17. The number of halogens is 2. The maximum absolute atomic E-state index is 15.1. The summed E-state index contributed by atoms with van der Waals surface area (Å²) in [6.07, 6.45) is 0. The smallest absolute Gasteiger partial charge is 0.336 e. The molecule has 2 aromatic rings. The molecule has 0 bridgehead atoms. The summed E-state index contributed by atoms with van der Waals surface area (Å²) >= 11 is 6.02. The molecule has 6 nitrogen and oxygen atoms in total. The van der Waals surface area contributed by atoms with E-state index in [2.05, 4.69) is 5.32 Å². The van der Waals surface area contributed by atoms with Crippen molar-refractivity contribution in [3.05, 3.63) is 93.0 Å². The Hall–Kier alpha value is -3.16. The lowest BCUT2D eigenvalue weighted by atomic mass is 9.80. The molecule has 0 saturated heterocycles. The van der Waals surface area contributed by atoms with Crippen molar-refractivity contribution in [2.24, 2.45) is 0 Å². The Morgan fingerprint density at radius 2 is 1.68 bits per heavy atom. The number of dihydropyridines is 1. The monoisotopic (exact) mass is 486 g/mol. The third kappa shape index (κ3) is 5.66. The molecule has 1 unspecified atom stereocenters. The Morgan fingerprint density at radius 1 is 1.03 bits per heavy atom. The number of rotatable bonds is 8. The molecule has 0 radical (unpaired) electrons. The molecule has 0 aromatic heterocycles. The van der Waals surface area contributed by atoms with Crippen LogP contribution in [0.25, 0.3) is 0 Å². The van der Waals surface area contributed by atoms with Gasteiger partial charge >= 0.3 is 11.9 Å². The Labute approximate surface area is 204 Å². The molecule has 0 saturated carbocycles. The van der Waals surface area contributed by atoms with Gasteiger partial charge in [0.15, 0.2) is 0 Å². The number of nitrogens with one attached hydrogen (secondary N) is 1. The van der Waals surface area contributed by atoms with Gasteiger partial charge in [-0.3, -0.25) is 4.90 Å². The number of benzene rings is 2. The first-order valence-corrected chi connectivity index (χ1v) is 11.2. The highest BCUT2D eigenvalue weighted by Crippen LogP contribution is 2.41. The largest absolute Gasteiger partial charge is 0.466 e. The van der Waals surface area contributed by atoms with Gasteiger partial charge in [0, 0.05) is 30.0 Å². The van der Waals surface area contributed by atoms with Crippen LogP contribution >= 0.6 is 11.6 Å². The van der Waals surface area contributed by atoms with Crippen molar-refractivity contribution >= 4 is 23.5 Å². The Balaban J connectivity index is 1.83. The number of carbonyl (C=O) groups is 2. The van der Waals surface area contributed by atoms with Gasteiger partial charge in [0.1, 0.15) is 12.4 Å². The molecule has 3 rings (SSSR count). The normalized spacial score (nSPS) is 15.9. The molecule has 180 valence electrons. The van der Waals surface area contributed by atoms with E-state index in [4.69, 9.17) is 21.1 Å². The van der Waals surface area contributed by atoms with E-state index >= 15 is 4.39 Å². The first-order chi connectivity index (χ1) is 16.2. The van der Waals surface area contributed by atoms with Crippen molar-refractivity contribution in [1.29, 1.82) is 0 Å². The molecule has 0 spiro atoms. The highest BCUT2D eigenvalue weighted by atomic mass is 35.5. The van der Waals surface area contributed by atoms with Gasteiger partial charge < -0.3 is 14.8 Å². The first kappa shape index (κ1) is 25.5. The van der Waals surface area contributed by atoms with Crippen LogP contribution in [0.4, 0.5) is 4.39 Å². The zero-order chi connectivity index (χ0) is 24.8. The quantitative estimate of drug-likeness (QED) is 0.552. The average molecular weight is 487 g/mol. The van der Waals surface area contributed by atoms with E-state index in [9.17, 15) is 9.59 Å². The number of likely N-dealkylation sites (N-methyl/N-ethyl adjacent to an activating group) is 1. The van der Waals surface area contributed by atoms with Gasteiger partial charge in [0.05, 0.1) is 29.2 Å². The Kier molecular flexibility index (Phi) is 8.47. The minimum absolute atomic E-state index is 0.0984. The molecule has 1 aliphatic heterocycles. The minimum atomic E-state index is -1.03. The Morgan fingerprint density at radius 3 is 2.32 bits per heavy atom. The van der Waals surface area contributed by atoms with Crippen LogP contribution in [0, 0.1) is 5.82 Å². The Bertz CT molecular complexity index is 1130. The topological polar surface area (TPSA) is 67.9 Å². The van der Waals surface area contributed by atoms with E-state index in [0.717, 1.165) is 5.56 Å². The number of methoxy groups -OCH3 is 1. The third-order valence-corrected chi connectivity index (χ3v) is 5.97. The van der Waals surface area contributed by atoms with Gasteiger partial charge in [0.2, 0.25) is 0 Å². The van der Waals surface area contributed by atoms with Crippen LogP contribution < -0.4 is 5.32 Å². The van der Waals surface area contributed by atoms with Crippen molar-refractivity contribution in [3.8, 4) is 0 Å². The lowest BCUT2D eigenvalue weighted by molar-refractivity contribution is -0.139. The summed E-state index contributed by atoms with van der Waals surface area (Å²) < 4.78 is 25.6. The number of hydrogen-bond donors (Lipinski definition) is 1. The van der Waals surface area contributed by atoms with Crippen molar-refractivity contribution in [2.45, 2.75) is 26.3 Å². The zero-order valence-electron chi connectivity index (χ0n) is 19.7. The molecule has 2 aromatic carbocycles. The SMILES string of the molecule is COC(=O)C1=C(C)NC(C)=C(C(=O)OCCN(C)Cc2ccccc2)C1c1cccc(Cl)c1F. The van der Waals surface area contributed by atoms with Crippen LogP contribution in [0.5, 0.6) is 0 Å². The fourth-order valence-corrected chi connectivity index (χ4v) is 4.23. The van der Waals surface area contributed by atoms with Gasteiger partial charge in [-0.2, -0.15) is 0 Å². The fourth-order valence-electron chi connectivity index (χ4n) is 4.05. The average Bonchev–Trinajstić information content (AvgIpc) is 2.80. The van der Waals surface area contributed by atoms with Crippen LogP contribution in [0.15, 0.2) is 71.1 Å². The molecule has 1 N–H and O–H groups in total. The van der Waals surface area contributed by atoms with Gasteiger partial charge in [-0.15, -0.1) is 0 Å². The van der Waals surface area contributed by atoms with Crippen LogP contribution in [-0.2, 0) is 25.6 Å². The molecule has 34 heavy (non-hydrogen) atoms. The predicted molar refractivity (Wildman–Crippen MR) is 128 cm³/mol. The fraction of sp³-hybridized carbons (Fsp3) is 0.308. The maximum atomic E-state index is 15.1. The molecule has 1 atom stereocenters. The van der Waals surface area contributed by atoms with Crippen LogP contribution in [0.3, 0.4) is 0 Å². The third-order valence-electron chi connectivity index (χ3n) is 5.68. The molecule has 1 heterocycles. The number of ether oxygens (including phenoxy) is 2. The van der Waals surface area contributed by atoms with Crippen LogP contribution in [-0.4, -0.2) is 44.1 Å². The second kappa shape index (κ2) is 11.3. The first-order valence-electron chi connectivity index (χ1n) is 10.8. The van der Waals surface area contributed by atoms with Gasteiger partial charge in [-0.25, -0.2) is 14.0 Å². The molecule has 0 fully saturated rings. The van der Waals surface area contributed by atoms with Crippen LogP contribution in [0.1, 0.15) is 30.9 Å². The van der Waals surface area contributed by atoms with E-state index in [0.29, 0.717) is 24.5 Å². The van der Waals surface area contributed by atoms with Gasteiger partial charge in [-0.1, -0.05) is 54.1 Å². The lowest BCUT2D eigenvalue weighted by Crippen LogP contribution is -2.33. The number of hydrogen-bond acceptors (Lipinski definition) is 6.